The largest absolute Gasteiger partial charge is 0.417 e. The van der Waals surface area contributed by atoms with E-state index in [2.05, 4.69) is 5.32 Å². The van der Waals surface area contributed by atoms with Crippen molar-refractivity contribution in [1.82, 2.24) is 5.32 Å². The molecule has 17 heteroatoms. The first-order chi connectivity index (χ1) is 18.9. The molecule has 0 aliphatic carbocycles. The van der Waals surface area contributed by atoms with Gasteiger partial charge in [-0.05, 0) is 48.5 Å². The lowest BCUT2D eigenvalue weighted by molar-refractivity contribution is -0.142. The summed E-state index contributed by atoms with van der Waals surface area (Å²) < 4.78 is 80.2. The second-order valence-corrected chi connectivity index (χ2v) is 9.11. The molecular formula is C24H13Cl3F6N4O4. The van der Waals surface area contributed by atoms with Crippen molar-refractivity contribution in [3.63, 3.8) is 0 Å². The maximum absolute atomic E-state index is 13.4. The third kappa shape index (κ3) is 7.20. The summed E-state index contributed by atoms with van der Waals surface area (Å²) >= 11 is 17.5. The predicted octanol–water partition coefficient (Wildman–Crippen LogP) is 7.37. The number of nitrogens with two attached hydrogens (primary N) is 1. The first-order valence-electron chi connectivity index (χ1n) is 10.7. The number of amides is 6. The Labute approximate surface area is 240 Å². The smallest absolute Gasteiger partial charge is 0.351 e. The van der Waals surface area contributed by atoms with Crippen molar-refractivity contribution in [2.24, 2.45) is 5.73 Å². The van der Waals surface area contributed by atoms with Crippen molar-refractivity contribution in [3.05, 3.63) is 91.9 Å². The molecule has 0 aliphatic rings. The fourth-order valence-electron chi connectivity index (χ4n) is 3.34. The summed E-state index contributed by atoms with van der Waals surface area (Å²) in [6.45, 7) is 0. The monoisotopic (exact) mass is 640 g/mol. The molecule has 216 valence electrons. The average molecular weight is 642 g/mol. The van der Waals surface area contributed by atoms with E-state index in [9.17, 15) is 45.5 Å². The summed E-state index contributed by atoms with van der Waals surface area (Å²) in [7, 11) is 0. The lowest BCUT2D eigenvalue weighted by Gasteiger charge is -2.23. The van der Waals surface area contributed by atoms with Crippen LogP contribution in [0.5, 0.6) is 0 Å². The van der Waals surface area contributed by atoms with Crippen LogP contribution in [0, 0.1) is 0 Å². The van der Waals surface area contributed by atoms with Crippen LogP contribution < -0.4 is 21.3 Å². The Balaban J connectivity index is 1.88. The van der Waals surface area contributed by atoms with Gasteiger partial charge in [-0.3, -0.25) is 14.9 Å². The third-order valence-electron chi connectivity index (χ3n) is 5.16. The number of rotatable bonds is 4. The molecule has 0 heterocycles. The number of nitrogens with one attached hydrogen (secondary N) is 2. The van der Waals surface area contributed by atoms with E-state index in [1.54, 1.807) is 0 Å². The summed E-state index contributed by atoms with van der Waals surface area (Å²) in [5.41, 5.74) is -0.585. The van der Waals surface area contributed by atoms with Gasteiger partial charge in [0.1, 0.15) is 0 Å². The second-order valence-electron chi connectivity index (χ2n) is 7.91. The second kappa shape index (κ2) is 11.8. The molecule has 41 heavy (non-hydrogen) atoms. The summed E-state index contributed by atoms with van der Waals surface area (Å²) in [6.07, 6.45) is -10.7. The number of anilines is 2. The number of imide groups is 2. The standard InChI is InChI=1S/C24H13Cl3F6N4O4/c25-14-2-1-3-15(26)17(14)19(38)36-22(41)35-12-6-4-10(5-7-12)20(39)37(21(34)40)16-9-11(23(28,29)30)8-13(18(16)27)24(31,32)33/h1-9H,(H2,34,40)(H2,35,36,38,41). The van der Waals surface area contributed by atoms with E-state index in [1.807, 2.05) is 5.32 Å². The minimum Gasteiger partial charge on any atom is -0.351 e. The molecule has 3 aromatic carbocycles. The minimum atomic E-state index is -5.38. The van der Waals surface area contributed by atoms with Gasteiger partial charge in [-0.25, -0.2) is 14.5 Å². The zero-order valence-corrected chi connectivity index (χ0v) is 22.0. The van der Waals surface area contributed by atoms with Crippen LogP contribution in [0.2, 0.25) is 15.1 Å². The van der Waals surface area contributed by atoms with Crippen LogP contribution in [-0.4, -0.2) is 23.9 Å². The lowest BCUT2D eigenvalue weighted by atomic mass is 10.1. The van der Waals surface area contributed by atoms with Crippen LogP contribution in [0.15, 0.2) is 54.6 Å². The normalized spacial score (nSPS) is 11.5. The number of halogens is 9. The van der Waals surface area contributed by atoms with E-state index in [4.69, 9.17) is 40.5 Å². The van der Waals surface area contributed by atoms with Gasteiger partial charge in [-0.1, -0.05) is 40.9 Å². The zero-order chi connectivity index (χ0) is 30.9. The number of carbonyl (C=O) groups excluding carboxylic acids is 4. The molecular weight excluding hydrogens is 629 g/mol. The predicted molar refractivity (Wildman–Crippen MR) is 137 cm³/mol. The molecule has 0 aliphatic heterocycles. The fourth-order valence-corrected chi connectivity index (χ4v) is 4.21. The highest BCUT2D eigenvalue weighted by Crippen LogP contribution is 2.44. The highest BCUT2D eigenvalue weighted by atomic mass is 35.5. The Morgan fingerprint density at radius 3 is 1.85 bits per heavy atom. The fraction of sp³-hybridized carbons (Fsp3) is 0.0833. The van der Waals surface area contributed by atoms with Gasteiger partial charge in [0.05, 0.1) is 37.4 Å². The van der Waals surface area contributed by atoms with Gasteiger partial charge in [-0.2, -0.15) is 26.3 Å². The number of benzene rings is 3. The lowest BCUT2D eigenvalue weighted by Crippen LogP contribution is -2.41. The summed E-state index contributed by atoms with van der Waals surface area (Å²) in [5, 5.41) is 2.76. The molecule has 0 saturated carbocycles. The Kier molecular flexibility index (Phi) is 9.11. The Hall–Kier alpha value is -4.01. The molecule has 0 fully saturated rings. The van der Waals surface area contributed by atoms with E-state index in [0.29, 0.717) is 0 Å². The first-order valence-corrected chi connectivity index (χ1v) is 11.8. The number of hydrogen-bond acceptors (Lipinski definition) is 4. The Bertz CT molecular complexity index is 1530. The number of hydrogen-bond donors (Lipinski definition) is 3. The molecule has 8 nitrogen and oxygen atoms in total. The Morgan fingerprint density at radius 1 is 0.805 bits per heavy atom. The third-order valence-corrected chi connectivity index (χ3v) is 6.18. The van der Waals surface area contributed by atoms with Gasteiger partial charge >= 0.3 is 24.4 Å². The van der Waals surface area contributed by atoms with Crippen LogP contribution in [0.3, 0.4) is 0 Å². The number of carbonyl (C=O) groups is 4. The van der Waals surface area contributed by atoms with Crippen molar-refractivity contribution in [3.8, 4) is 0 Å². The Morgan fingerprint density at radius 2 is 1.37 bits per heavy atom. The molecule has 0 aromatic heterocycles. The van der Waals surface area contributed by atoms with Crippen LogP contribution in [0.4, 0.5) is 47.3 Å². The van der Waals surface area contributed by atoms with Crippen LogP contribution in [0.25, 0.3) is 0 Å². The molecule has 6 amide bonds. The SMILES string of the molecule is NC(=O)N(C(=O)c1ccc(NC(=O)NC(=O)c2c(Cl)cccc2Cl)cc1)c1cc(C(F)(F)F)cc(C(F)(F)F)c1Cl. The van der Waals surface area contributed by atoms with Gasteiger partial charge in [0.2, 0.25) is 0 Å². The van der Waals surface area contributed by atoms with Gasteiger partial charge in [0.15, 0.2) is 0 Å². The summed E-state index contributed by atoms with van der Waals surface area (Å²) in [6, 6.07) is 5.29. The number of alkyl halides is 6. The van der Waals surface area contributed by atoms with Crippen LogP contribution >= 0.6 is 34.8 Å². The van der Waals surface area contributed by atoms with Crippen molar-refractivity contribution in [2.45, 2.75) is 12.4 Å². The summed E-state index contributed by atoms with van der Waals surface area (Å²) in [5.74, 6) is -2.38. The first kappa shape index (κ1) is 31.5. The van der Waals surface area contributed by atoms with Crippen molar-refractivity contribution in [1.29, 1.82) is 0 Å². The number of primary amides is 1. The summed E-state index contributed by atoms with van der Waals surface area (Å²) in [4.78, 5) is 49.4. The molecule has 0 saturated heterocycles. The molecule has 0 unspecified atom stereocenters. The maximum Gasteiger partial charge on any atom is 0.417 e. The maximum atomic E-state index is 13.4. The molecule has 0 radical (unpaired) electrons. The van der Waals surface area contributed by atoms with Gasteiger partial charge in [0, 0.05) is 11.3 Å². The highest BCUT2D eigenvalue weighted by molar-refractivity contribution is 6.40. The van der Waals surface area contributed by atoms with Gasteiger partial charge in [-0.15, -0.1) is 0 Å². The molecule has 3 aromatic rings. The van der Waals surface area contributed by atoms with Gasteiger partial charge < -0.3 is 11.1 Å². The average Bonchev–Trinajstić information content (AvgIpc) is 2.83. The quantitative estimate of drug-likeness (QED) is 0.258. The van der Waals surface area contributed by atoms with E-state index >= 15 is 0 Å². The van der Waals surface area contributed by atoms with Crippen molar-refractivity contribution < 1.29 is 45.5 Å². The minimum absolute atomic E-state index is 0.0285. The number of urea groups is 2. The zero-order valence-electron chi connectivity index (χ0n) is 19.8. The van der Waals surface area contributed by atoms with Gasteiger partial charge in [0.25, 0.3) is 11.8 Å². The van der Waals surface area contributed by atoms with Crippen LogP contribution in [0.1, 0.15) is 31.8 Å². The molecule has 3 rings (SSSR count). The van der Waals surface area contributed by atoms with E-state index < -0.39 is 63.6 Å². The molecule has 4 N–H and O–H groups in total. The van der Waals surface area contributed by atoms with Crippen molar-refractivity contribution in [2.75, 3.05) is 10.2 Å². The molecule has 0 bridgehead atoms. The molecule has 0 spiro atoms. The number of nitrogens with zero attached hydrogens (tertiary/aromatic N) is 1. The highest BCUT2D eigenvalue weighted by Gasteiger charge is 2.41. The topological polar surface area (TPSA) is 122 Å². The van der Waals surface area contributed by atoms with E-state index in [1.165, 1.54) is 18.2 Å². The van der Waals surface area contributed by atoms with E-state index in [-0.39, 0.29) is 38.3 Å². The molecule has 0 atom stereocenters. The van der Waals surface area contributed by atoms with Crippen molar-refractivity contribution >= 4 is 70.1 Å². The van der Waals surface area contributed by atoms with E-state index in [0.717, 1.165) is 24.3 Å². The van der Waals surface area contributed by atoms with Crippen LogP contribution in [-0.2, 0) is 12.4 Å².